The fourth-order valence-electron chi connectivity index (χ4n) is 3.76. The van der Waals surface area contributed by atoms with Crippen molar-refractivity contribution in [2.75, 3.05) is 4.72 Å². The van der Waals surface area contributed by atoms with Gasteiger partial charge < -0.3 is 0 Å². The molecule has 2 aromatic carbocycles. The predicted octanol–water partition coefficient (Wildman–Crippen LogP) is 1.51. The van der Waals surface area contributed by atoms with Crippen molar-refractivity contribution in [1.82, 2.24) is 10.2 Å². The molecule has 0 aliphatic carbocycles. The molecular weight excluding hydrogens is 422 g/mol. The van der Waals surface area contributed by atoms with E-state index >= 15 is 0 Å². The van der Waals surface area contributed by atoms with Gasteiger partial charge in [-0.2, -0.15) is 0 Å². The smallest absolute Gasteiger partial charge is 0.262 e. The van der Waals surface area contributed by atoms with Crippen molar-refractivity contribution in [1.29, 1.82) is 0 Å². The molecule has 9 nitrogen and oxygen atoms in total. The number of rotatable bonds is 4. The number of carbonyl (C=O) groups excluding carboxylic acids is 4. The first-order valence-corrected chi connectivity index (χ1v) is 11.0. The summed E-state index contributed by atoms with van der Waals surface area (Å²) in [6.45, 7) is 3.50. The van der Waals surface area contributed by atoms with E-state index in [1.807, 2.05) is 0 Å². The minimum absolute atomic E-state index is 0.00383. The highest BCUT2D eigenvalue weighted by atomic mass is 32.2. The summed E-state index contributed by atoms with van der Waals surface area (Å²) in [4.78, 5) is 50.1. The number of nitrogens with one attached hydrogen (secondary N) is 2. The van der Waals surface area contributed by atoms with Crippen LogP contribution in [0.4, 0.5) is 5.69 Å². The van der Waals surface area contributed by atoms with Crippen LogP contribution >= 0.6 is 0 Å². The molecule has 0 bridgehead atoms. The number of aryl methyl sites for hydroxylation is 1. The fourth-order valence-corrected chi connectivity index (χ4v) is 5.13. The highest BCUT2D eigenvalue weighted by molar-refractivity contribution is 7.92. The van der Waals surface area contributed by atoms with Crippen molar-refractivity contribution in [3.05, 3.63) is 58.7 Å². The van der Waals surface area contributed by atoms with E-state index < -0.39 is 39.7 Å². The minimum Gasteiger partial charge on any atom is -0.295 e. The number of benzene rings is 2. The molecule has 0 saturated carbocycles. The molecule has 2 N–H and O–H groups in total. The molecule has 1 fully saturated rings. The first kappa shape index (κ1) is 20.7. The van der Waals surface area contributed by atoms with Gasteiger partial charge in [-0.05, 0) is 55.7 Å². The number of anilines is 1. The lowest BCUT2D eigenvalue weighted by Gasteiger charge is -2.27. The quantitative estimate of drug-likeness (QED) is 0.692. The number of imide groups is 2. The maximum atomic E-state index is 12.9. The summed E-state index contributed by atoms with van der Waals surface area (Å²) < 4.78 is 28.1. The van der Waals surface area contributed by atoms with Crippen LogP contribution in [0.1, 0.15) is 44.7 Å². The number of fused-ring (bicyclic) bond motifs is 1. The Labute approximate surface area is 178 Å². The van der Waals surface area contributed by atoms with Crippen LogP contribution in [0.2, 0.25) is 0 Å². The lowest BCUT2D eigenvalue weighted by Crippen LogP contribution is -2.54. The van der Waals surface area contributed by atoms with Gasteiger partial charge in [-0.1, -0.05) is 12.1 Å². The average molecular weight is 441 g/mol. The Bertz CT molecular complexity index is 1270. The molecule has 2 aromatic rings. The normalized spacial score (nSPS) is 18.8. The van der Waals surface area contributed by atoms with Gasteiger partial charge in [0.05, 0.1) is 16.0 Å². The third-order valence-corrected chi connectivity index (χ3v) is 7.06. The summed E-state index contributed by atoms with van der Waals surface area (Å²) in [5.74, 6) is -2.52. The third kappa shape index (κ3) is 3.48. The van der Waals surface area contributed by atoms with E-state index in [9.17, 15) is 27.6 Å². The summed E-state index contributed by atoms with van der Waals surface area (Å²) in [7, 11) is -3.93. The van der Waals surface area contributed by atoms with Crippen LogP contribution in [0, 0.1) is 13.8 Å². The summed E-state index contributed by atoms with van der Waals surface area (Å²) in [5.41, 5.74) is 1.61. The van der Waals surface area contributed by atoms with Crippen LogP contribution in [0.3, 0.4) is 0 Å². The maximum Gasteiger partial charge on any atom is 0.262 e. The van der Waals surface area contributed by atoms with Crippen LogP contribution < -0.4 is 10.0 Å². The topological polar surface area (TPSA) is 130 Å². The molecule has 0 radical (unpaired) electrons. The van der Waals surface area contributed by atoms with E-state index in [0.29, 0.717) is 5.56 Å². The van der Waals surface area contributed by atoms with Gasteiger partial charge >= 0.3 is 0 Å². The molecule has 160 valence electrons. The number of hydrogen-bond acceptors (Lipinski definition) is 6. The largest absolute Gasteiger partial charge is 0.295 e. The van der Waals surface area contributed by atoms with Gasteiger partial charge in [0.1, 0.15) is 6.04 Å². The van der Waals surface area contributed by atoms with Crippen molar-refractivity contribution in [2.24, 2.45) is 0 Å². The lowest BCUT2D eigenvalue weighted by atomic mass is 10.0. The summed E-state index contributed by atoms with van der Waals surface area (Å²) in [5, 5.41) is 2.13. The predicted molar refractivity (Wildman–Crippen MR) is 110 cm³/mol. The molecule has 31 heavy (non-hydrogen) atoms. The molecule has 0 spiro atoms. The third-order valence-electron chi connectivity index (χ3n) is 5.54. The number of sulfonamides is 1. The SMILES string of the molecule is Cc1cccc(S(=O)(=O)Nc2ccc3c(c2)C(=O)N(C2CCC(=O)NC2=O)C3=O)c1C. The monoisotopic (exact) mass is 441 g/mol. The Kier molecular flexibility index (Phi) is 4.89. The van der Waals surface area contributed by atoms with E-state index in [1.54, 1.807) is 26.0 Å². The van der Waals surface area contributed by atoms with Gasteiger partial charge in [-0.15, -0.1) is 0 Å². The molecule has 4 amide bonds. The Morgan fingerprint density at radius 3 is 2.42 bits per heavy atom. The lowest BCUT2D eigenvalue weighted by molar-refractivity contribution is -0.136. The van der Waals surface area contributed by atoms with E-state index in [0.717, 1.165) is 10.5 Å². The van der Waals surface area contributed by atoms with E-state index in [-0.39, 0.29) is 34.6 Å². The van der Waals surface area contributed by atoms with Crippen molar-refractivity contribution in [3.8, 4) is 0 Å². The van der Waals surface area contributed by atoms with Gasteiger partial charge in [0, 0.05) is 12.1 Å². The molecule has 0 aromatic heterocycles. The van der Waals surface area contributed by atoms with Crippen molar-refractivity contribution in [3.63, 3.8) is 0 Å². The second-order valence-corrected chi connectivity index (χ2v) is 9.16. The standard InChI is InChI=1S/C21H19N3O6S/c1-11-4-3-5-17(12(11)2)31(29,30)23-13-6-7-14-15(10-13)21(28)24(20(14)27)16-8-9-18(25)22-19(16)26/h3-7,10,16,23H,8-9H2,1-2H3,(H,22,25,26). The zero-order valence-corrected chi connectivity index (χ0v) is 17.6. The van der Waals surface area contributed by atoms with Crippen LogP contribution in [0.15, 0.2) is 41.3 Å². The van der Waals surface area contributed by atoms with Gasteiger partial charge in [0.2, 0.25) is 11.8 Å². The molecule has 2 aliphatic heterocycles. The molecule has 1 atom stereocenters. The second-order valence-electron chi connectivity index (χ2n) is 7.51. The Hall–Kier alpha value is -3.53. The summed E-state index contributed by atoms with van der Waals surface area (Å²) in [6, 6.07) is 7.86. The maximum absolute atomic E-state index is 12.9. The molecule has 4 rings (SSSR count). The number of piperidine rings is 1. The van der Waals surface area contributed by atoms with Gasteiger partial charge in [0.15, 0.2) is 0 Å². The van der Waals surface area contributed by atoms with E-state index in [4.69, 9.17) is 0 Å². The first-order chi connectivity index (χ1) is 14.6. The summed E-state index contributed by atoms with van der Waals surface area (Å²) in [6.07, 6.45) is 0.0625. The van der Waals surface area contributed by atoms with Crippen LogP contribution in [-0.4, -0.2) is 43.0 Å². The summed E-state index contributed by atoms with van der Waals surface area (Å²) >= 11 is 0. The molecular formula is C21H19N3O6S. The van der Waals surface area contributed by atoms with E-state index in [1.165, 1.54) is 24.3 Å². The van der Waals surface area contributed by atoms with Crippen LogP contribution in [-0.2, 0) is 19.6 Å². The van der Waals surface area contributed by atoms with Crippen molar-refractivity contribution in [2.45, 2.75) is 37.6 Å². The van der Waals surface area contributed by atoms with Crippen LogP contribution in [0.5, 0.6) is 0 Å². The molecule has 2 heterocycles. The number of carbonyl (C=O) groups is 4. The Morgan fingerprint density at radius 1 is 1.00 bits per heavy atom. The molecule has 1 unspecified atom stereocenters. The zero-order valence-electron chi connectivity index (χ0n) is 16.8. The zero-order chi connectivity index (χ0) is 22.5. The highest BCUT2D eigenvalue weighted by Gasteiger charge is 2.44. The molecule has 1 saturated heterocycles. The molecule has 10 heteroatoms. The van der Waals surface area contributed by atoms with Crippen molar-refractivity contribution >= 4 is 39.3 Å². The highest BCUT2D eigenvalue weighted by Crippen LogP contribution is 2.30. The number of nitrogens with zero attached hydrogens (tertiary/aromatic N) is 1. The Balaban J connectivity index is 1.64. The first-order valence-electron chi connectivity index (χ1n) is 9.55. The minimum atomic E-state index is -3.93. The van der Waals surface area contributed by atoms with Gasteiger partial charge in [-0.3, -0.25) is 34.1 Å². The van der Waals surface area contributed by atoms with Crippen molar-refractivity contribution < 1.29 is 27.6 Å². The van der Waals surface area contributed by atoms with E-state index in [2.05, 4.69) is 10.0 Å². The Morgan fingerprint density at radius 2 is 1.71 bits per heavy atom. The number of amides is 4. The van der Waals surface area contributed by atoms with Gasteiger partial charge in [-0.25, -0.2) is 8.42 Å². The number of hydrogen-bond donors (Lipinski definition) is 2. The second kappa shape index (κ2) is 7.31. The van der Waals surface area contributed by atoms with Gasteiger partial charge in [0.25, 0.3) is 21.8 Å². The molecule has 2 aliphatic rings. The van der Waals surface area contributed by atoms with Crippen LogP contribution in [0.25, 0.3) is 0 Å². The average Bonchev–Trinajstić information content (AvgIpc) is 2.94. The fraction of sp³-hybridized carbons (Fsp3) is 0.238.